The molecule has 2 aromatic rings. The van der Waals surface area contributed by atoms with Gasteiger partial charge in [-0.05, 0) is 13.8 Å². The SMILES string of the molecule is COCCn1ccnc1CN(Cc1noc(C)n1)C(C)C. The number of methoxy groups -OCH3 is 1. The molecule has 0 saturated heterocycles. The van der Waals surface area contributed by atoms with E-state index in [1.165, 1.54) is 0 Å². The molecule has 116 valence electrons. The van der Waals surface area contributed by atoms with Crippen LogP contribution in [0, 0.1) is 6.92 Å². The lowest BCUT2D eigenvalue weighted by atomic mass is 10.3. The maximum Gasteiger partial charge on any atom is 0.223 e. The number of ether oxygens (including phenoxy) is 1. The van der Waals surface area contributed by atoms with Crippen LogP contribution in [0.4, 0.5) is 0 Å². The molecule has 0 amide bonds. The highest BCUT2D eigenvalue weighted by Crippen LogP contribution is 2.11. The van der Waals surface area contributed by atoms with Crippen molar-refractivity contribution in [2.45, 2.75) is 46.4 Å². The Morgan fingerprint density at radius 3 is 2.81 bits per heavy atom. The van der Waals surface area contributed by atoms with Gasteiger partial charge in [-0.25, -0.2) is 4.98 Å². The first kappa shape index (κ1) is 15.7. The maximum absolute atomic E-state index is 5.13. The molecular weight excluding hydrogens is 270 g/mol. The first-order valence-electron chi connectivity index (χ1n) is 7.12. The second kappa shape index (κ2) is 7.33. The van der Waals surface area contributed by atoms with Crippen LogP contribution in [0.25, 0.3) is 0 Å². The largest absolute Gasteiger partial charge is 0.383 e. The lowest BCUT2D eigenvalue weighted by Gasteiger charge is -2.24. The van der Waals surface area contributed by atoms with E-state index in [1.807, 2.05) is 12.4 Å². The fourth-order valence-electron chi connectivity index (χ4n) is 2.07. The van der Waals surface area contributed by atoms with Gasteiger partial charge in [-0.1, -0.05) is 5.16 Å². The van der Waals surface area contributed by atoms with Crippen LogP contribution in [0.3, 0.4) is 0 Å². The Kier molecular flexibility index (Phi) is 5.46. The minimum Gasteiger partial charge on any atom is -0.383 e. The molecule has 0 N–H and O–H groups in total. The highest BCUT2D eigenvalue weighted by atomic mass is 16.5. The van der Waals surface area contributed by atoms with Crippen LogP contribution in [0.2, 0.25) is 0 Å². The first-order chi connectivity index (χ1) is 10.1. The minimum atomic E-state index is 0.358. The summed E-state index contributed by atoms with van der Waals surface area (Å²) in [6.45, 7) is 8.96. The summed E-state index contributed by atoms with van der Waals surface area (Å²) < 4.78 is 12.3. The average Bonchev–Trinajstić information content (AvgIpc) is 3.05. The third-order valence-electron chi connectivity index (χ3n) is 3.33. The molecule has 0 spiro atoms. The van der Waals surface area contributed by atoms with Gasteiger partial charge in [0.2, 0.25) is 5.89 Å². The molecule has 0 saturated carbocycles. The summed E-state index contributed by atoms with van der Waals surface area (Å²) in [5, 5.41) is 3.96. The van der Waals surface area contributed by atoms with Crippen molar-refractivity contribution >= 4 is 0 Å². The van der Waals surface area contributed by atoms with Crippen molar-refractivity contribution in [3.63, 3.8) is 0 Å². The molecule has 0 aromatic carbocycles. The number of aryl methyl sites for hydroxylation is 1. The summed E-state index contributed by atoms with van der Waals surface area (Å²) >= 11 is 0. The van der Waals surface area contributed by atoms with Crippen molar-refractivity contribution in [1.29, 1.82) is 0 Å². The van der Waals surface area contributed by atoms with Gasteiger partial charge in [-0.2, -0.15) is 4.98 Å². The Morgan fingerprint density at radius 2 is 2.19 bits per heavy atom. The van der Waals surface area contributed by atoms with Gasteiger partial charge in [0.05, 0.1) is 19.7 Å². The van der Waals surface area contributed by atoms with Gasteiger partial charge in [-0.15, -0.1) is 0 Å². The fourth-order valence-corrected chi connectivity index (χ4v) is 2.07. The molecule has 0 aliphatic carbocycles. The normalized spacial score (nSPS) is 11.7. The Morgan fingerprint density at radius 1 is 1.38 bits per heavy atom. The minimum absolute atomic E-state index is 0.358. The third-order valence-corrected chi connectivity index (χ3v) is 3.33. The second-order valence-electron chi connectivity index (χ2n) is 5.26. The zero-order chi connectivity index (χ0) is 15.2. The Labute approximate surface area is 124 Å². The van der Waals surface area contributed by atoms with Crippen LogP contribution in [-0.4, -0.2) is 44.4 Å². The number of hydrogen-bond acceptors (Lipinski definition) is 6. The van der Waals surface area contributed by atoms with E-state index in [9.17, 15) is 0 Å². The van der Waals surface area contributed by atoms with E-state index >= 15 is 0 Å². The Hall–Kier alpha value is -1.73. The average molecular weight is 293 g/mol. The lowest BCUT2D eigenvalue weighted by molar-refractivity contribution is 0.173. The van der Waals surface area contributed by atoms with Crippen molar-refractivity contribution in [3.05, 3.63) is 29.9 Å². The van der Waals surface area contributed by atoms with Gasteiger partial charge < -0.3 is 13.8 Å². The topological polar surface area (TPSA) is 69.2 Å². The quantitative estimate of drug-likeness (QED) is 0.737. The van der Waals surface area contributed by atoms with E-state index in [1.54, 1.807) is 14.0 Å². The third kappa shape index (κ3) is 4.37. The van der Waals surface area contributed by atoms with Gasteiger partial charge in [0.1, 0.15) is 5.82 Å². The first-order valence-corrected chi connectivity index (χ1v) is 7.12. The van der Waals surface area contributed by atoms with Crippen LogP contribution < -0.4 is 0 Å². The molecule has 21 heavy (non-hydrogen) atoms. The van der Waals surface area contributed by atoms with Crippen molar-refractivity contribution in [2.24, 2.45) is 0 Å². The lowest BCUT2D eigenvalue weighted by Crippen LogP contribution is -2.31. The van der Waals surface area contributed by atoms with Crippen LogP contribution >= 0.6 is 0 Å². The van der Waals surface area contributed by atoms with E-state index in [4.69, 9.17) is 9.26 Å². The summed E-state index contributed by atoms with van der Waals surface area (Å²) in [7, 11) is 1.70. The van der Waals surface area contributed by atoms with Gasteiger partial charge >= 0.3 is 0 Å². The molecule has 0 aliphatic heterocycles. The summed E-state index contributed by atoms with van der Waals surface area (Å²) in [5.74, 6) is 2.31. The molecule has 0 atom stereocenters. The van der Waals surface area contributed by atoms with E-state index in [-0.39, 0.29) is 0 Å². The number of hydrogen-bond donors (Lipinski definition) is 0. The van der Waals surface area contributed by atoms with Gasteiger partial charge in [-0.3, -0.25) is 4.90 Å². The zero-order valence-corrected chi connectivity index (χ0v) is 13.1. The van der Waals surface area contributed by atoms with Crippen LogP contribution in [0.1, 0.15) is 31.4 Å². The Bertz CT molecular complexity index is 549. The van der Waals surface area contributed by atoms with E-state index in [0.29, 0.717) is 30.9 Å². The summed E-state index contributed by atoms with van der Waals surface area (Å²) in [6.07, 6.45) is 3.80. The van der Waals surface area contributed by atoms with Gasteiger partial charge in [0.25, 0.3) is 0 Å². The van der Waals surface area contributed by atoms with E-state index < -0.39 is 0 Å². The molecule has 2 aromatic heterocycles. The second-order valence-corrected chi connectivity index (χ2v) is 5.26. The van der Waals surface area contributed by atoms with Gasteiger partial charge in [0.15, 0.2) is 5.82 Å². The highest BCUT2D eigenvalue weighted by molar-refractivity contribution is 4.94. The molecular formula is C14H23N5O2. The monoisotopic (exact) mass is 293 g/mol. The number of aromatic nitrogens is 4. The number of rotatable bonds is 8. The van der Waals surface area contributed by atoms with Crippen molar-refractivity contribution in [3.8, 4) is 0 Å². The molecule has 0 bridgehead atoms. The van der Waals surface area contributed by atoms with Crippen LogP contribution in [0.5, 0.6) is 0 Å². The zero-order valence-electron chi connectivity index (χ0n) is 13.1. The molecule has 7 heteroatoms. The molecule has 2 heterocycles. The molecule has 7 nitrogen and oxygen atoms in total. The van der Waals surface area contributed by atoms with Crippen LogP contribution in [0.15, 0.2) is 16.9 Å². The number of nitrogens with zero attached hydrogens (tertiary/aromatic N) is 5. The molecule has 0 radical (unpaired) electrons. The fraction of sp³-hybridized carbons (Fsp3) is 0.643. The van der Waals surface area contributed by atoms with E-state index in [0.717, 1.165) is 18.9 Å². The van der Waals surface area contributed by atoms with Crippen molar-refractivity contribution in [1.82, 2.24) is 24.6 Å². The molecule has 0 fully saturated rings. The van der Waals surface area contributed by atoms with Crippen molar-refractivity contribution in [2.75, 3.05) is 13.7 Å². The summed E-state index contributed by atoms with van der Waals surface area (Å²) in [5.41, 5.74) is 0. The maximum atomic E-state index is 5.13. The number of imidazole rings is 1. The highest BCUT2D eigenvalue weighted by Gasteiger charge is 2.16. The predicted octanol–water partition coefficient (Wildman–Crippen LogP) is 1.63. The smallest absolute Gasteiger partial charge is 0.223 e. The molecule has 2 rings (SSSR count). The Balaban J connectivity index is 2.04. The van der Waals surface area contributed by atoms with E-state index in [2.05, 4.69) is 38.4 Å². The predicted molar refractivity (Wildman–Crippen MR) is 77.5 cm³/mol. The van der Waals surface area contributed by atoms with Gasteiger partial charge in [0, 0.05) is 39.0 Å². The summed E-state index contributed by atoms with van der Waals surface area (Å²) in [6, 6.07) is 0.358. The molecule has 0 unspecified atom stereocenters. The summed E-state index contributed by atoms with van der Waals surface area (Å²) in [4.78, 5) is 11.0. The van der Waals surface area contributed by atoms with Crippen molar-refractivity contribution < 1.29 is 9.26 Å². The van der Waals surface area contributed by atoms with Crippen LogP contribution in [-0.2, 0) is 24.4 Å². The standard InChI is InChI=1S/C14H23N5O2/c1-11(2)19(9-13-16-12(3)21-17-13)10-14-15-5-6-18(14)7-8-20-4/h5-6,11H,7-10H2,1-4H3. The molecule has 0 aliphatic rings.